The molecule has 108 valence electrons. The van der Waals surface area contributed by atoms with Gasteiger partial charge < -0.3 is 5.32 Å². The molecule has 1 heterocycles. The Labute approximate surface area is 119 Å². The Morgan fingerprint density at radius 3 is 2.53 bits per heavy atom. The van der Waals surface area contributed by atoms with E-state index in [1.54, 1.807) is 0 Å². The average Bonchev–Trinajstić information content (AvgIpc) is 2.47. The van der Waals surface area contributed by atoms with E-state index in [-0.39, 0.29) is 0 Å². The van der Waals surface area contributed by atoms with Gasteiger partial charge in [0, 0.05) is 23.9 Å². The summed E-state index contributed by atoms with van der Waals surface area (Å²) < 4.78 is 0. The van der Waals surface area contributed by atoms with Crippen molar-refractivity contribution in [2.75, 3.05) is 6.54 Å². The number of unbranched alkanes of at least 4 members (excludes halogenated alkanes) is 1. The van der Waals surface area contributed by atoms with E-state index < -0.39 is 0 Å². The lowest BCUT2D eigenvalue weighted by Gasteiger charge is -2.32. The summed E-state index contributed by atoms with van der Waals surface area (Å²) in [5.74, 6) is 1.22. The average molecular weight is 262 g/mol. The van der Waals surface area contributed by atoms with Gasteiger partial charge in [-0.1, -0.05) is 53.0 Å². The van der Waals surface area contributed by atoms with Crippen molar-refractivity contribution < 1.29 is 0 Å². The van der Waals surface area contributed by atoms with Gasteiger partial charge in [0.2, 0.25) is 0 Å². The summed E-state index contributed by atoms with van der Waals surface area (Å²) in [5.41, 5.74) is 1.21. The minimum atomic E-state index is 0.475. The Bertz CT molecular complexity index is 323. The zero-order chi connectivity index (χ0) is 14.1. The van der Waals surface area contributed by atoms with Gasteiger partial charge >= 0.3 is 0 Å². The molecule has 0 aliphatic heterocycles. The number of rotatable bonds is 9. The molecule has 19 heavy (non-hydrogen) atoms. The van der Waals surface area contributed by atoms with Crippen molar-refractivity contribution >= 4 is 0 Å². The fourth-order valence-corrected chi connectivity index (χ4v) is 2.92. The van der Waals surface area contributed by atoms with E-state index in [0.717, 1.165) is 12.5 Å². The minimum Gasteiger partial charge on any atom is -0.313 e. The molecule has 0 amide bonds. The molecule has 1 rings (SSSR count). The Hall–Kier alpha value is -0.890. The van der Waals surface area contributed by atoms with Crippen LogP contribution in [0.1, 0.15) is 65.0 Å². The molecule has 0 spiro atoms. The number of nitrogens with one attached hydrogen (secondary N) is 1. The molecule has 3 unspecified atom stereocenters. The zero-order valence-electron chi connectivity index (χ0n) is 13.0. The number of pyridine rings is 1. The van der Waals surface area contributed by atoms with Gasteiger partial charge in [-0.2, -0.15) is 0 Å². The molecule has 0 radical (unpaired) electrons. The lowest BCUT2D eigenvalue weighted by Crippen LogP contribution is -2.40. The highest BCUT2D eigenvalue weighted by atomic mass is 14.9. The summed E-state index contributed by atoms with van der Waals surface area (Å²) in [6.07, 6.45) is 7.08. The number of aromatic nitrogens is 1. The van der Waals surface area contributed by atoms with E-state index in [4.69, 9.17) is 0 Å². The molecule has 1 aromatic heterocycles. The van der Waals surface area contributed by atoms with Crippen LogP contribution in [0.5, 0.6) is 0 Å². The first kappa shape index (κ1) is 16.2. The fourth-order valence-electron chi connectivity index (χ4n) is 2.92. The van der Waals surface area contributed by atoms with Gasteiger partial charge in [0.05, 0.1) is 0 Å². The van der Waals surface area contributed by atoms with Gasteiger partial charge in [-0.25, -0.2) is 0 Å². The van der Waals surface area contributed by atoms with Gasteiger partial charge in [-0.15, -0.1) is 0 Å². The predicted octanol–water partition coefficient (Wildman–Crippen LogP) is 4.38. The van der Waals surface area contributed by atoms with Crippen molar-refractivity contribution in [2.45, 2.75) is 65.3 Å². The number of likely N-dealkylation sites (N-methyl/N-ethyl adjacent to an activating group) is 1. The van der Waals surface area contributed by atoms with Crippen LogP contribution >= 0.6 is 0 Å². The van der Waals surface area contributed by atoms with Crippen molar-refractivity contribution in [3.05, 3.63) is 30.1 Å². The Kier molecular flexibility index (Phi) is 7.73. The van der Waals surface area contributed by atoms with Crippen molar-refractivity contribution in [3.63, 3.8) is 0 Å². The van der Waals surface area contributed by atoms with E-state index in [0.29, 0.717) is 12.0 Å². The third-order valence-electron chi connectivity index (χ3n) is 4.09. The summed E-state index contributed by atoms with van der Waals surface area (Å²) in [6.45, 7) is 10.1. The molecule has 3 atom stereocenters. The maximum atomic E-state index is 4.54. The second-order valence-electron chi connectivity index (χ2n) is 5.44. The van der Waals surface area contributed by atoms with Crippen LogP contribution < -0.4 is 5.32 Å². The molecule has 2 nitrogen and oxygen atoms in total. The summed E-state index contributed by atoms with van der Waals surface area (Å²) in [5, 5.41) is 3.70. The molecular weight excluding hydrogens is 232 g/mol. The zero-order valence-corrected chi connectivity index (χ0v) is 13.0. The fraction of sp³-hybridized carbons (Fsp3) is 0.706. The second-order valence-corrected chi connectivity index (χ2v) is 5.44. The molecule has 0 fully saturated rings. The maximum absolute atomic E-state index is 4.54. The SMILES string of the molecule is CCCCC(CC)C(NCC)C(C)c1ccccn1. The largest absolute Gasteiger partial charge is 0.313 e. The first-order chi connectivity index (χ1) is 9.24. The van der Waals surface area contributed by atoms with Crippen molar-refractivity contribution in [1.82, 2.24) is 10.3 Å². The van der Waals surface area contributed by atoms with Gasteiger partial charge in [0.1, 0.15) is 0 Å². The van der Waals surface area contributed by atoms with E-state index >= 15 is 0 Å². The van der Waals surface area contributed by atoms with Crippen LogP contribution in [0.15, 0.2) is 24.4 Å². The monoisotopic (exact) mass is 262 g/mol. The van der Waals surface area contributed by atoms with Crippen LogP contribution in [0.4, 0.5) is 0 Å². The van der Waals surface area contributed by atoms with E-state index in [1.807, 2.05) is 12.3 Å². The first-order valence-corrected chi connectivity index (χ1v) is 7.88. The second kappa shape index (κ2) is 9.08. The molecule has 0 saturated carbocycles. The topological polar surface area (TPSA) is 24.9 Å². The van der Waals surface area contributed by atoms with Crippen LogP contribution in [-0.4, -0.2) is 17.6 Å². The predicted molar refractivity (Wildman–Crippen MR) is 83.4 cm³/mol. The molecule has 0 aromatic carbocycles. The van der Waals surface area contributed by atoms with E-state index in [2.05, 4.69) is 50.1 Å². The van der Waals surface area contributed by atoms with Gasteiger partial charge in [0.25, 0.3) is 0 Å². The molecule has 0 aliphatic carbocycles. The summed E-state index contributed by atoms with van der Waals surface area (Å²) in [7, 11) is 0. The van der Waals surface area contributed by atoms with E-state index in [9.17, 15) is 0 Å². The highest BCUT2D eigenvalue weighted by Gasteiger charge is 2.26. The summed E-state index contributed by atoms with van der Waals surface area (Å²) >= 11 is 0. The highest BCUT2D eigenvalue weighted by molar-refractivity contribution is 5.11. The smallest absolute Gasteiger partial charge is 0.0447 e. The molecule has 0 saturated heterocycles. The van der Waals surface area contributed by atoms with Crippen molar-refractivity contribution in [2.24, 2.45) is 5.92 Å². The first-order valence-electron chi connectivity index (χ1n) is 7.88. The molecule has 0 bridgehead atoms. The minimum absolute atomic E-state index is 0.475. The van der Waals surface area contributed by atoms with Crippen LogP contribution in [0.3, 0.4) is 0 Å². The van der Waals surface area contributed by atoms with Crippen LogP contribution in [0, 0.1) is 5.92 Å². The van der Waals surface area contributed by atoms with Gasteiger partial charge in [0.15, 0.2) is 0 Å². The van der Waals surface area contributed by atoms with Gasteiger partial charge in [-0.05, 0) is 31.0 Å². The Morgan fingerprint density at radius 2 is 2.00 bits per heavy atom. The van der Waals surface area contributed by atoms with Gasteiger partial charge in [-0.3, -0.25) is 4.98 Å². The maximum Gasteiger partial charge on any atom is 0.0447 e. The Balaban J connectivity index is 2.79. The molecule has 2 heteroatoms. The Morgan fingerprint density at radius 1 is 1.21 bits per heavy atom. The lowest BCUT2D eigenvalue weighted by molar-refractivity contribution is 0.287. The summed E-state index contributed by atoms with van der Waals surface area (Å²) in [6, 6.07) is 6.78. The molecule has 1 aromatic rings. The van der Waals surface area contributed by atoms with Crippen molar-refractivity contribution in [3.8, 4) is 0 Å². The third-order valence-corrected chi connectivity index (χ3v) is 4.09. The molecular formula is C17H30N2. The standard InChI is InChI=1S/C17H30N2/c1-5-8-11-15(6-2)17(18-7-3)14(4)16-12-9-10-13-19-16/h9-10,12-15,17-18H,5-8,11H2,1-4H3. The number of hydrogen-bond donors (Lipinski definition) is 1. The summed E-state index contributed by atoms with van der Waals surface area (Å²) in [4.78, 5) is 4.54. The number of nitrogens with zero attached hydrogens (tertiary/aromatic N) is 1. The number of hydrogen-bond acceptors (Lipinski definition) is 2. The molecule has 0 aliphatic rings. The molecule has 1 N–H and O–H groups in total. The quantitative estimate of drug-likeness (QED) is 0.714. The third kappa shape index (κ3) is 4.94. The van der Waals surface area contributed by atoms with Crippen LogP contribution in [0.2, 0.25) is 0 Å². The van der Waals surface area contributed by atoms with Crippen LogP contribution in [-0.2, 0) is 0 Å². The van der Waals surface area contributed by atoms with Crippen molar-refractivity contribution in [1.29, 1.82) is 0 Å². The lowest BCUT2D eigenvalue weighted by atomic mass is 9.82. The van der Waals surface area contributed by atoms with E-state index in [1.165, 1.54) is 31.4 Å². The van der Waals surface area contributed by atoms with Crippen LogP contribution in [0.25, 0.3) is 0 Å². The highest BCUT2D eigenvalue weighted by Crippen LogP contribution is 2.27. The normalized spacial score (nSPS) is 16.0.